The molecular formula is C11H7Cl2N3O3. The van der Waals surface area contributed by atoms with E-state index < -0.39 is 4.92 Å². The maximum absolute atomic E-state index is 10.9. The molecular weight excluding hydrogens is 293 g/mol. The quantitative estimate of drug-likeness (QED) is 0.489. The van der Waals surface area contributed by atoms with E-state index >= 15 is 0 Å². The molecule has 0 unspecified atom stereocenters. The molecule has 19 heavy (non-hydrogen) atoms. The van der Waals surface area contributed by atoms with Crippen LogP contribution in [-0.2, 0) is 0 Å². The first-order chi connectivity index (χ1) is 8.97. The highest BCUT2D eigenvalue weighted by Gasteiger charge is 2.18. The molecule has 1 heterocycles. The van der Waals surface area contributed by atoms with E-state index in [4.69, 9.17) is 27.9 Å². The van der Waals surface area contributed by atoms with Crippen LogP contribution in [0.25, 0.3) is 0 Å². The van der Waals surface area contributed by atoms with Crippen LogP contribution < -0.4 is 4.74 Å². The average molecular weight is 300 g/mol. The van der Waals surface area contributed by atoms with Gasteiger partial charge in [-0.25, -0.2) is 4.98 Å². The van der Waals surface area contributed by atoms with Crippen molar-refractivity contribution in [2.75, 3.05) is 0 Å². The fourth-order valence-corrected chi connectivity index (χ4v) is 1.62. The summed E-state index contributed by atoms with van der Waals surface area (Å²) in [5, 5.41) is 11.0. The van der Waals surface area contributed by atoms with Crippen molar-refractivity contribution in [1.29, 1.82) is 0 Å². The summed E-state index contributed by atoms with van der Waals surface area (Å²) < 4.78 is 5.35. The van der Waals surface area contributed by atoms with Crippen molar-refractivity contribution in [2.45, 2.75) is 6.92 Å². The third kappa shape index (κ3) is 3.10. The zero-order valence-corrected chi connectivity index (χ0v) is 11.1. The average Bonchev–Trinajstić information content (AvgIpc) is 2.33. The Kier molecular flexibility index (Phi) is 3.82. The van der Waals surface area contributed by atoms with Gasteiger partial charge in [0, 0.05) is 6.07 Å². The summed E-state index contributed by atoms with van der Waals surface area (Å²) in [7, 11) is 0. The van der Waals surface area contributed by atoms with Gasteiger partial charge in [0.15, 0.2) is 0 Å². The SMILES string of the molecule is Cc1ccc([N+](=O)[O-])c(Oc2nc(Cl)ncc2Cl)c1. The highest BCUT2D eigenvalue weighted by molar-refractivity contribution is 6.32. The Bertz CT molecular complexity index is 649. The molecule has 0 saturated carbocycles. The van der Waals surface area contributed by atoms with Crippen molar-refractivity contribution in [3.63, 3.8) is 0 Å². The number of aryl methyl sites for hydroxylation is 1. The summed E-state index contributed by atoms with van der Waals surface area (Å²) >= 11 is 11.5. The maximum Gasteiger partial charge on any atom is 0.311 e. The van der Waals surface area contributed by atoms with Gasteiger partial charge in [-0.2, -0.15) is 4.98 Å². The molecule has 0 atom stereocenters. The molecule has 0 fully saturated rings. The standard InChI is InChI=1S/C11H7Cl2N3O3/c1-6-2-3-8(16(17)18)9(4-6)19-10-7(12)5-14-11(13)15-10/h2-5H,1H3. The van der Waals surface area contributed by atoms with Crippen molar-refractivity contribution < 1.29 is 9.66 Å². The first kappa shape index (κ1) is 13.5. The lowest BCUT2D eigenvalue weighted by Crippen LogP contribution is -1.96. The highest BCUT2D eigenvalue weighted by atomic mass is 35.5. The second-order valence-electron chi connectivity index (χ2n) is 3.62. The lowest BCUT2D eigenvalue weighted by Gasteiger charge is -2.07. The Hall–Kier alpha value is -1.92. The van der Waals surface area contributed by atoms with Crippen molar-refractivity contribution >= 4 is 28.9 Å². The number of ether oxygens (including phenoxy) is 1. The molecule has 6 nitrogen and oxygen atoms in total. The molecule has 0 N–H and O–H groups in total. The molecule has 0 bridgehead atoms. The minimum Gasteiger partial charge on any atom is -0.430 e. The van der Waals surface area contributed by atoms with Gasteiger partial charge in [-0.1, -0.05) is 17.7 Å². The molecule has 0 spiro atoms. The van der Waals surface area contributed by atoms with Crippen LogP contribution >= 0.6 is 23.2 Å². The summed E-state index contributed by atoms with van der Waals surface area (Å²) in [6.45, 7) is 1.78. The summed E-state index contributed by atoms with van der Waals surface area (Å²) in [6.07, 6.45) is 1.26. The fourth-order valence-electron chi connectivity index (χ4n) is 1.36. The topological polar surface area (TPSA) is 78.2 Å². The third-order valence-corrected chi connectivity index (χ3v) is 2.64. The Labute approximate surface area is 118 Å². The van der Waals surface area contributed by atoms with Gasteiger partial charge in [0.2, 0.25) is 16.9 Å². The molecule has 0 amide bonds. The summed E-state index contributed by atoms with van der Waals surface area (Å²) in [6, 6.07) is 4.48. The number of halogens is 2. The Morgan fingerprint density at radius 3 is 2.79 bits per heavy atom. The minimum absolute atomic E-state index is 0.0321. The molecule has 0 aliphatic rings. The molecule has 8 heteroatoms. The molecule has 1 aromatic heterocycles. The zero-order chi connectivity index (χ0) is 14.0. The third-order valence-electron chi connectivity index (χ3n) is 2.20. The smallest absolute Gasteiger partial charge is 0.311 e. The number of rotatable bonds is 3. The van der Waals surface area contributed by atoms with E-state index in [-0.39, 0.29) is 27.6 Å². The summed E-state index contributed by atoms with van der Waals surface area (Å²) in [4.78, 5) is 17.8. The van der Waals surface area contributed by atoms with Gasteiger partial charge < -0.3 is 4.74 Å². The van der Waals surface area contributed by atoms with Gasteiger partial charge in [0.1, 0.15) is 5.02 Å². The number of nitro benzene ring substituents is 1. The molecule has 0 radical (unpaired) electrons. The van der Waals surface area contributed by atoms with Crippen molar-refractivity contribution in [1.82, 2.24) is 9.97 Å². The predicted octanol–water partition coefficient (Wildman–Crippen LogP) is 3.79. The van der Waals surface area contributed by atoms with Crippen LogP contribution in [0.2, 0.25) is 10.3 Å². The van der Waals surface area contributed by atoms with E-state index in [9.17, 15) is 10.1 Å². The second-order valence-corrected chi connectivity index (χ2v) is 4.37. The monoisotopic (exact) mass is 299 g/mol. The van der Waals surface area contributed by atoms with E-state index in [1.807, 2.05) is 0 Å². The number of aromatic nitrogens is 2. The Balaban J connectivity index is 2.45. The van der Waals surface area contributed by atoms with Crippen LogP contribution in [0.3, 0.4) is 0 Å². The van der Waals surface area contributed by atoms with Crippen LogP contribution in [0.1, 0.15) is 5.56 Å². The minimum atomic E-state index is -0.550. The number of nitrogens with zero attached hydrogens (tertiary/aromatic N) is 3. The Morgan fingerprint density at radius 2 is 2.11 bits per heavy atom. The van der Waals surface area contributed by atoms with E-state index in [0.29, 0.717) is 0 Å². The first-order valence-electron chi connectivity index (χ1n) is 5.08. The van der Waals surface area contributed by atoms with Crippen molar-refractivity contribution in [3.05, 3.63) is 50.4 Å². The molecule has 98 valence electrons. The van der Waals surface area contributed by atoms with Gasteiger partial charge in [-0.15, -0.1) is 0 Å². The number of nitro groups is 1. The molecule has 2 aromatic rings. The van der Waals surface area contributed by atoms with Crippen LogP contribution in [0, 0.1) is 17.0 Å². The van der Waals surface area contributed by atoms with Gasteiger partial charge in [0.25, 0.3) is 0 Å². The maximum atomic E-state index is 10.9. The largest absolute Gasteiger partial charge is 0.430 e. The second kappa shape index (κ2) is 5.38. The van der Waals surface area contributed by atoms with E-state index in [2.05, 4.69) is 9.97 Å². The van der Waals surface area contributed by atoms with E-state index in [1.54, 1.807) is 13.0 Å². The zero-order valence-electron chi connectivity index (χ0n) is 9.63. The van der Waals surface area contributed by atoms with E-state index in [1.165, 1.54) is 18.3 Å². The van der Waals surface area contributed by atoms with Gasteiger partial charge in [-0.3, -0.25) is 10.1 Å². The van der Waals surface area contributed by atoms with Crippen LogP contribution in [0.15, 0.2) is 24.4 Å². The first-order valence-corrected chi connectivity index (χ1v) is 5.84. The van der Waals surface area contributed by atoms with Gasteiger partial charge in [-0.05, 0) is 30.2 Å². The normalized spacial score (nSPS) is 10.3. The van der Waals surface area contributed by atoms with Gasteiger partial charge in [0.05, 0.1) is 11.1 Å². The number of benzene rings is 1. The Morgan fingerprint density at radius 1 is 1.37 bits per heavy atom. The molecule has 0 aliphatic heterocycles. The molecule has 1 aromatic carbocycles. The summed E-state index contributed by atoms with van der Waals surface area (Å²) in [5.41, 5.74) is 0.619. The number of hydrogen-bond donors (Lipinski definition) is 0. The number of hydrogen-bond acceptors (Lipinski definition) is 5. The lowest BCUT2D eigenvalue weighted by atomic mass is 10.2. The van der Waals surface area contributed by atoms with E-state index in [0.717, 1.165) is 5.56 Å². The van der Waals surface area contributed by atoms with Crippen molar-refractivity contribution in [3.8, 4) is 11.6 Å². The van der Waals surface area contributed by atoms with Crippen molar-refractivity contribution in [2.24, 2.45) is 0 Å². The lowest BCUT2D eigenvalue weighted by molar-refractivity contribution is -0.385. The highest BCUT2D eigenvalue weighted by Crippen LogP contribution is 2.34. The summed E-state index contributed by atoms with van der Waals surface area (Å²) in [5.74, 6) is 0.0111. The fraction of sp³-hybridized carbons (Fsp3) is 0.0909. The molecule has 2 rings (SSSR count). The van der Waals surface area contributed by atoms with Crippen LogP contribution in [0.4, 0.5) is 5.69 Å². The molecule has 0 aliphatic carbocycles. The molecule has 0 saturated heterocycles. The van der Waals surface area contributed by atoms with Crippen LogP contribution in [-0.4, -0.2) is 14.9 Å². The van der Waals surface area contributed by atoms with Gasteiger partial charge >= 0.3 is 5.69 Å². The van der Waals surface area contributed by atoms with Crippen LogP contribution in [0.5, 0.6) is 11.6 Å². The predicted molar refractivity (Wildman–Crippen MR) is 70.0 cm³/mol.